The van der Waals surface area contributed by atoms with Gasteiger partial charge in [-0.2, -0.15) is 0 Å². The predicted molar refractivity (Wildman–Crippen MR) is 169 cm³/mol. The SMILES string of the molecule is Cc1ccc(-c2nc(-c3ccc(-c4c(C)cc(C(C)(C)C)cc4C)cc3)nc(-c3ccc(C)cc3C)n2)c(C)c1. The molecule has 0 aliphatic carbocycles. The second-order valence-electron chi connectivity index (χ2n) is 12.3. The first-order valence-electron chi connectivity index (χ1n) is 14.0. The molecular formula is C37H39N3. The van der Waals surface area contributed by atoms with E-state index in [0.29, 0.717) is 17.5 Å². The summed E-state index contributed by atoms with van der Waals surface area (Å²) >= 11 is 0. The van der Waals surface area contributed by atoms with Crippen LogP contribution in [0.5, 0.6) is 0 Å². The van der Waals surface area contributed by atoms with Gasteiger partial charge in [0.25, 0.3) is 0 Å². The molecule has 40 heavy (non-hydrogen) atoms. The molecule has 0 unspecified atom stereocenters. The van der Waals surface area contributed by atoms with Crippen molar-refractivity contribution >= 4 is 0 Å². The third-order valence-corrected chi connectivity index (χ3v) is 7.71. The average molecular weight is 526 g/mol. The van der Waals surface area contributed by atoms with Gasteiger partial charge in [-0.25, -0.2) is 15.0 Å². The van der Waals surface area contributed by atoms with Gasteiger partial charge >= 0.3 is 0 Å². The van der Waals surface area contributed by atoms with E-state index < -0.39 is 0 Å². The summed E-state index contributed by atoms with van der Waals surface area (Å²) in [6.45, 7) is 19.7. The number of benzene rings is 4. The molecule has 0 bridgehead atoms. The number of rotatable bonds is 4. The minimum atomic E-state index is 0.123. The van der Waals surface area contributed by atoms with Crippen LogP contribution in [0, 0.1) is 41.5 Å². The molecule has 1 heterocycles. The Labute approximate surface area is 239 Å². The van der Waals surface area contributed by atoms with Gasteiger partial charge in [-0.05, 0) is 85.9 Å². The van der Waals surface area contributed by atoms with E-state index in [0.717, 1.165) is 27.8 Å². The first-order valence-corrected chi connectivity index (χ1v) is 14.0. The largest absolute Gasteiger partial charge is 0.208 e. The second-order valence-corrected chi connectivity index (χ2v) is 12.3. The van der Waals surface area contributed by atoms with Crippen molar-refractivity contribution in [2.45, 2.75) is 67.7 Å². The molecule has 0 radical (unpaired) electrons. The highest BCUT2D eigenvalue weighted by Gasteiger charge is 2.18. The van der Waals surface area contributed by atoms with Gasteiger partial charge < -0.3 is 0 Å². The zero-order valence-electron chi connectivity index (χ0n) is 25.3. The maximum Gasteiger partial charge on any atom is 0.164 e. The first-order chi connectivity index (χ1) is 18.9. The van der Waals surface area contributed by atoms with Crippen LogP contribution in [0.15, 0.2) is 72.8 Å². The Bertz CT molecular complexity index is 1630. The normalized spacial score (nSPS) is 11.6. The third kappa shape index (κ3) is 5.47. The lowest BCUT2D eigenvalue weighted by Crippen LogP contribution is -2.12. The summed E-state index contributed by atoms with van der Waals surface area (Å²) in [5, 5.41) is 0. The molecule has 0 amide bonds. The van der Waals surface area contributed by atoms with Crippen molar-refractivity contribution in [2.75, 3.05) is 0 Å². The molecule has 0 atom stereocenters. The smallest absolute Gasteiger partial charge is 0.164 e. The Balaban J connectivity index is 1.62. The zero-order valence-corrected chi connectivity index (χ0v) is 25.3. The maximum atomic E-state index is 4.99. The van der Waals surface area contributed by atoms with Gasteiger partial charge in [0.1, 0.15) is 0 Å². The fourth-order valence-electron chi connectivity index (χ4n) is 5.51. The van der Waals surface area contributed by atoms with E-state index in [4.69, 9.17) is 15.0 Å². The van der Waals surface area contributed by atoms with Crippen LogP contribution in [0.3, 0.4) is 0 Å². The van der Waals surface area contributed by atoms with Crippen LogP contribution in [0.2, 0.25) is 0 Å². The summed E-state index contributed by atoms with van der Waals surface area (Å²) in [4.78, 5) is 15.0. The van der Waals surface area contributed by atoms with E-state index in [1.807, 2.05) is 0 Å². The molecule has 0 fully saturated rings. The van der Waals surface area contributed by atoms with Crippen molar-refractivity contribution in [1.29, 1.82) is 0 Å². The Morgan fingerprint density at radius 1 is 0.450 bits per heavy atom. The Hall–Kier alpha value is -4.11. The fourth-order valence-corrected chi connectivity index (χ4v) is 5.51. The topological polar surface area (TPSA) is 38.7 Å². The van der Waals surface area contributed by atoms with Gasteiger partial charge in [-0.3, -0.25) is 0 Å². The predicted octanol–water partition coefficient (Wildman–Crippen LogP) is 9.69. The fraction of sp³-hybridized carbons (Fsp3) is 0.270. The monoisotopic (exact) mass is 525 g/mol. The Kier molecular flexibility index (Phi) is 7.18. The van der Waals surface area contributed by atoms with Gasteiger partial charge in [0.2, 0.25) is 0 Å². The second kappa shape index (κ2) is 10.5. The Morgan fingerprint density at radius 2 is 0.875 bits per heavy atom. The lowest BCUT2D eigenvalue weighted by Gasteiger charge is -2.22. The summed E-state index contributed by atoms with van der Waals surface area (Å²) in [6.07, 6.45) is 0. The standard InChI is InChI=1S/C37H39N3/c1-22-10-16-31(24(3)18-22)35-38-34(39-36(40-35)32-17-11-23(2)19-25(32)4)29-14-12-28(13-15-29)33-26(5)20-30(21-27(33)6)37(7,8)9/h10-21H,1-9H3. The van der Waals surface area contributed by atoms with Gasteiger partial charge in [-0.1, -0.05) is 105 Å². The third-order valence-electron chi connectivity index (χ3n) is 7.71. The maximum absolute atomic E-state index is 4.99. The van der Waals surface area contributed by atoms with Gasteiger partial charge in [0.15, 0.2) is 17.5 Å². The van der Waals surface area contributed by atoms with E-state index in [9.17, 15) is 0 Å². The highest BCUT2D eigenvalue weighted by Crippen LogP contribution is 2.34. The molecule has 5 rings (SSSR count). The number of aryl methyl sites for hydroxylation is 6. The summed E-state index contributed by atoms with van der Waals surface area (Å²) in [7, 11) is 0. The van der Waals surface area contributed by atoms with Gasteiger partial charge in [-0.15, -0.1) is 0 Å². The zero-order chi connectivity index (χ0) is 28.8. The summed E-state index contributed by atoms with van der Waals surface area (Å²) in [6, 6.07) is 26.1. The van der Waals surface area contributed by atoms with Crippen LogP contribution in [0.25, 0.3) is 45.3 Å². The Morgan fingerprint density at radius 3 is 1.30 bits per heavy atom. The molecule has 3 heteroatoms. The van der Waals surface area contributed by atoms with Crippen molar-refractivity contribution in [3.8, 4) is 45.3 Å². The molecule has 0 aliphatic rings. The highest BCUT2D eigenvalue weighted by atomic mass is 15.0. The van der Waals surface area contributed by atoms with Crippen LogP contribution >= 0.6 is 0 Å². The molecular weight excluding hydrogens is 486 g/mol. The minimum Gasteiger partial charge on any atom is -0.208 e. The molecule has 1 aromatic heterocycles. The molecule has 0 spiro atoms. The highest BCUT2D eigenvalue weighted by molar-refractivity contribution is 5.75. The molecule has 202 valence electrons. The van der Waals surface area contributed by atoms with Crippen LogP contribution in [-0.2, 0) is 5.41 Å². The van der Waals surface area contributed by atoms with Crippen LogP contribution in [0.1, 0.15) is 59.7 Å². The van der Waals surface area contributed by atoms with Crippen LogP contribution in [-0.4, -0.2) is 15.0 Å². The molecule has 3 nitrogen and oxygen atoms in total. The van der Waals surface area contributed by atoms with Crippen molar-refractivity contribution in [2.24, 2.45) is 0 Å². The van der Waals surface area contributed by atoms with Crippen LogP contribution in [0.4, 0.5) is 0 Å². The number of aromatic nitrogens is 3. The molecule has 0 N–H and O–H groups in total. The summed E-state index contributed by atoms with van der Waals surface area (Å²) in [5.41, 5.74) is 14.4. The van der Waals surface area contributed by atoms with Crippen LogP contribution < -0.4 is 0 Å². The van der Waals surface area contributed by atoms with Crippen molar-refractivity contribution in [3.05, 3.63) is 112 Å². The first kappa shape index (κ1) is 27.5. The average Bonchev–Trinajstić information content (AvgIpc) is 2.88. The van der Waals surface area contributed by atoms with Gasteiger partial charge in [0.05, 0.1) is 0 Å². The van der Waals surface area contributed by atoms with Crippen molar-refractivity contribution in [3.63, 3.8) is 0 Å². The lowest BCUT2D eigenvalue weighted by atomic mass is 9.82. The van der Waals surface area contributed by atoms with Crippen molar-refractivity contribution in [1.82, 2.24) is 15.0 Å². The van der Waals surface area contributed by atoms with E-state index in [1.165, 1.54) is 38.9 Å². The molecule has 4 aromatic carbocycles. The van der Waals surface area contributed by atoms with Crippen molar-refractivity contribution < 1.29 is 0 Å². The quantitative estimate of drug-likeness (QED) is 0.234. The lowest BCUT2D eigenvalue weighted by molar-refractivity contribution is 0.589. The molecule has 0 aliphatic heterocycles. The van der Waals surface area contributed by atoms with E-state index in [-0.39, 0.29) is 5.41 Å². The summed E-state index contributed by atoms with van der Waals surface area (Å²) < 4.78 is 0. The van der Waals surface area contributed by atoms with Gasteiger partial charge in [0, 0.05) is 16.7 Å². The number of hydrogen-bond donors (Lipinski definition) is 0. The number of nitrogens with zero attached hydrogens (tertiary/aromatic N) is 3. The molecule has 0 saturated carbocycles. The number of hydrogen-bond acceptors (Lipinski definition) is 3. The van der Waals surface area contributed by atoms with E-state index in [1.54, 1.807) is 0 Å². The minimum absolute atomic E-state index is 0.123. The van der Waals surface area contributed by atoms with E-state index in [2.05, 4.69) is 135 Å². The van der Waals surface area contributed by atoms with E-state index >= 15 is 0 Å². The molecule has 5 aromatic rings. The summed E-state index contributed by atoms with van der Waals surface area (Å²) in [5.74, 6) is 2.08. The molecule has 0 saturated heterocycles.